The van der Waals surface area contributed by atoms with Crippen LogP contribution in [0, 0.1) is 35.5 Å². The largest absolute Gasteiger partial charge is 0.325 e. The van der Waals surface area contributed by atoms with Gasteiger partial charge in [-0.3, -0.25) is 24.1 Å². The average Bonchev–Trinajstić information content (AvgIpc) is 3.43. The molecule has 1 heterocycles. The van der Waals surface area contributed by atoms with Crippen LogP contribution in [0.25, 0.3) is 0 Å². The van der Waals surface area contributed by atoms with Crippen LogP contribution in [0.3, 0.4) is 0 Å². The highest BCUT2D eigenvalue weighted by Crippen LogP contribution is 2.65. The van der Waals surface area contributed by atoms with Crippen molar-refractivity contribution in [3.63, 3.8) is 0 Å². The van der Waals surface area contributed by atoms with Crippen LogP contribution in [0.4, 0.5) is 5.69 Å². The summed E-state index contributed by atoms with van der Waals surface area (Å²) in [5.41, 5.74) is 0.973. The van der Waals surface area contributed by atoms with Crippen molar-refractivity contribution in [2.24, 2.45) is 35.5 Å². The third-order valence-electron chi connectivity index (χ3n) is 6.61. The first-order valence-electron chi connectivity index (χ1n) is 9.40. The zero-order valence-corrected chi connectivity index (χ0v) is 14.9. The van der Waals surface area contributed by atoms with Crippen molar-refractivity contribution in [2.75, 3.05) is 11.9 Å². The van der Waals surface area contributed by atoms with E-state index in [9.17, 15) is 19.2 Å². The van der Waals surface area contributed by atoms with Crippen LogP contribution in [0.1, 0.15) is 23.7 Å². The van der Waals surface area contributed by atoms with Crippen molar-refractivity contribution in [1.29, 1.82) is 0 Å². The van der Waals surface area contributed by atoms with E-state index in [4.69, 9.17) is 0 Å². The van der Waals surface area contributed by atoms with Crippen LogP contribution < -0.4 is 5.32 Å². The van der Waals surface area contributed by atoms with Gasteiger partial charge < -0.3 is 5.32 Å². The van der Waals surface area contributed by atoms with Crippen LogP contribution in [-0.4, -0.2) is 34.9 Å². The van der Waals surface area contributed by atoms with Crippen molar-refractivity contribution in [2.45, 2.75) is 13.3 Å². The Bertz CT molecular complexity index is 885. The summed E-state index contributed by atoms with van der Waals surface area (Å²) < 4.78 is 0. The molecule has 6 atom stereocenters. The maximum absolute atomic E-state index is 12.9. The zero-order chi connectivity index (χ0) is 18.9. The lowest BCUT2D eigenvalue weighted by Crippen LogP contribution is -2.40. The highest BCUT2D eigenvalue weighted by atomic mass is 16.2. The summed E-state index contributed by atoms with van der Waals surface area (Å²) in [6.45, 7) is 1.18. The van der Waals surface area contributed by atoms with E-state index in [1.807, 2.05) is 0 Å². The van der Waals surface area contributed by atoms with Gasteiger partial charge in [-0.15, -0.1) is 0 Å². The number of anilines is 1. The Hall–Kier alpha value is -2.76. The Morgan fingerprint density at radius 2 is 1.70 bits per heavy atom. The van der Waals surface area contributed by atoms with Crippen molar-refractivity contribution < 1.29 is 19.2 Å². The number of amides is 3. The molecule has 1 N–H and O–H groups in total. The minimum atomic E-state index is -0.429. The van der Waals surface area contributed by atoms with Crippen LogP contribution in [0.5, 0.6) is 0 Å². The molecular weight excluding hydrogens is 344 g/mol. The number of carbonyl (C=O) groups is 4. The van der Waals surface area contributed by atoms with E-state index in [2.05, 4.69) is 17.5 Å². The third kappa shape index (κ3) is 2.39. The minimum absolute atomic E-state index is 0.0957. The number of nitrogens with one attached hydrogen (secondary N) is 1. The number of allylic oxidation sites excluding steroid dienone is 2. The molecular formula is C21H20N2O4. The third-order valence-corrected chi connectivity index (χ3v) is 6.61. The summed E-state index contributed by atoms with van der Waals surface area (Å²) >= 11 is 0. The van der Waals surface area contributed by atoms with Crippen molar-refractivity contribution in [3.05, 3.63) is 42.0 Å². The summed E-state index contributed by atoms with van der Waals surface area (Å²) in [6.07, 6.45) is 5.34. The smallest absolute Gasteiger partial charge is 0.244 e. The topological polar surface area (TPSA) is 83.6 Å². The quantitative estimate of drug-likeness (QED) is 0.502. The first-order chi connectivity index (χ1) is 13.0. The number of carbonyl (C=O) groups excluding carboxylic acids is 4. The predicted octanol–water partition coefficient (Wildman–Crippen LogP) is 1.88. The molecule has 0 spiro atoms. The Morgan fingerprint density at radius 1 is 1.07 bits per heavy atom. The fraction of sp³-hybridized carbons (Fsp3) is 0.429. The van der Waals surface area contributed by atoms with Gasteiger partial charge in [-0.2, -0.15) is 0 Å². The molecule has 4 aliphatic carbocycles. The van der Waals surface area contributed by atoms with Gasteiger partial charge in [0, 0.05) is 11.3 Å². The van der Waals surface area contributed by atoms with Crippen LogP contribution in [-0.2, 0) is 14.4 Å². The summed E-state index contributed by atoms with van der Waals surface area (Å²) in [6, 6.07) is 6.62. The van der Waals surface area contributed by atoms with Crippen molar-refractivity contribution in [1.82, 2.24) is 4.90 Å². The lowest BCUT2D eigenvalue weighted by atomic mass is 9.63. The van der Waals surface area contributed by atoms with E-state index in [0.717, 1.165) is 11.3 Å². The number of ketones is 1. The van der Waals surface area contributed by atoms with E-state index in [0.29, 0.717) is 23.1 Å². The molecule has 0 aromatic heterocycles. The zero-order valence-electron chi connectivity index (χ0n) is 14.9. The molecule has 3 fully saturated rings. The summed E-state index contributed by atoms with van der Waals surface area (Å²) in [5.74, 6) is -0.117. The van der Waals surface area contributed by atoms with Gasteiger partial charge in [-0.1, -0.05) is 24.3 Å². The van der Waals surface area contributed by atoms with E-state index >= 15 is 0 Å². The van der Waals surface area contributed by atoms with Gasteiger partial charge in [0.2, 0.25) is 17.7 Å². The maximum atomic E-state index is 12.9. The summed E-state index contributed by atoms with van der Waals surface area (Å²) in [5, 5.41) is 2.69. The molecule has 0 radical (unpaired) electrons. The van der Waals surface area contributed by atoms with E-state index in [-0.39, 0.29) is 47.8 Å². The molecule has 2 bridgehead atoms. The number of rotatable bonds is 4. The Kier molecular flexibility index (Phi) is 3.41. The van der Waals surface area contributed by atoms with Gasteiger partial charge in [0.1, 0.15) is 6.54 Å². The summed E-state index contributed by atoms with van der Waals surface area (Å²) in [4.78, 5) is 50.8. The molecule has 2 saturated carbocycles. The number of likely N-dealkylation sites (tertiary alicyclic amines) is 1. The molecule has 1 aliphatic heterocycles. The molecule has 138 valence electrons. The molecule has 1 aromatic rings. The minimum Gasteiger partial charge on any atom is -0.325 e. The molecule has 6 nitrogen and oxygen atoms in total. The molecule has 27 heavy (non-hydrogen) atoms. The van der Waals surface area contributed by atoms with Gasteiger partial charge in [0.25, 0.3) is 0 Å². The SMILES string of the molecule is CC(=O)c1cccc(NC(=O)CN2C(=O)[C@@H]3[C@H]4C=C[C@@H]([C@@H]5C[C@H]45)[C@H]3C2=O)c1. The maximum Gasteiger partial charge on any atom is 0.244 e. The second kappa shape index (κ2) is 5.62. The lowest BCUT2D eigenvalue weighted by Gasteiger charge is -2.37. The van der Waals surface area contributed by atoms with E-state index < -0.39 is 5.91 Å². The van der Waals surface area contributed by atoms with Crippen LogP contribution in [0.15, 0.2) is 36.4 Å². The van der Waals surface area contributed by atoms with E-state index in [1.54, 1.807) is 24.3 Å². The number of nitrogens with zero attached hydrogens (tertiary/aromatic N) is 1. The number of Topliss-reactive ketones (excluding diaryl/α,β-unsaturated/α-hetero) is 1. The second-order valence-corrected chi connectivity index (χ2v) is 8.10. The van der Waals surface area contributed by atoms with Crippen LogP contribution in [0.2, 0.25) is 0 Å². The van der Waals surface area contributed by atoms with Crippen LogP contribution >= 0.6 is 0 Å². The molecule has 6 heteroatoms. The van der Waals surface area contributed by atoms with Gasteiger partial charge in [0.15, 0.2) is 5.78 Å². The van der Waals surface area contributed by atoms with Gasteiger partial charge in [-0.25, -0.2) is 0 Å². The van der Waals surface area contributed by atoms with E-state index in [1.165, 1.54) is 6.92 Å². The van der Waals surface area contributed by atoms with Crippen molar-refractivity contribution in [3.8, 4) is 0 Å². The predicted molar refractivity (Wildman–Crippen MR) is 96.5 cm³/mol. The number of hydrogen-bond acceptors (Lipinski definition) is 4. The molecule has 3 amide bonds. The monoisotopic (exact) mass is 364 g/mol. The first kappa shape index (κ1) is 16.4. The first-order valence-corrected chi connectivity index (χ1v) is 9.40. The molecule has 1 saturated heterocycles. The Balaban J connectivity index is 1.31. The Morgan fingerprint density at radius 3 is 2.30 bits per heavy atom. The highest BCUT2D eigenvalue weighted by molar-refractivity contribution is 6.09. The van der Waals surface area contributed by atoms with Gasteiger partial charge in [0.05, 0.1) is 11.8 Å². The Labute approximate surface area is 156 Å². The molecule has 5 aliphatic rings. The lowest BCUT2D eigenvalue weighted by molar-refractivity contribution is -0.142. The number of imide groups is 1. The second-order valence-electron chi connectivity index (χ2n) is 8.10. The van der Waals surface area contributed by atoms with Gasteiger partial charge >= 0.3 is 0 Å². The van der Waals surface area contributed by atoms with Crippen molar-refractivity contribution >= 4 is 29.2 Å². The average molecular weight is 364 g/mol. The standard InChI is InChI=1S/C21H20N2O4/c1-10(24)11-3-2-4-12(7-11)22-17(25)9-23-20(26)18-13-5-6-14(16-8-15(13)16)19(18)21(23)27/h2-7,13-16,18-19H,8-9H2,1H3,(H,22,25)/t13-,14-,15-,16+,18+,19+/m0/s1. The normalized spacial score (nSPS) is 35.1. The highest BCUT2D eigenvalue weighted by Gasteiger charge is 2.67. The van der Waals surface area contributed by atoms with Gasteiger partial charge in [-0.05, 0) is 49.1 Å². The molecule has 0 unspecified atom stereocenters. The number of benzene rings is 1. The fourth-order valence-corrected chi connectivity index (χ4v) is 5.33. The molecule has 6 rings (SSSR count). The fourth-order valence-electron chi connectivity index (χ4n) is 5.33. The number of hydrogen-bond donors (Lipinski definition) is 1. The molecule has 1 aromatic carbocycles. The summed E-state index contributed by atoms with van der Waals surface area (Å²) in [7, 11) is 0.